The van der Waals surface area contributed by atoms with E-state index >= 15 is 8.78 Å². The summed E-state index contributed by atoms with van der Waals surface area (Å²) in [5, 5.41) is 7.56. The lowest BCUT2D eigenvalue weighted by Crippen LogP contribution is -2.52. The zero-order valence-corrected chi connectivity index (χ0v) is 21.6. The van der Waals surface area contributed by atoms with Gasteiger partial charge in [-0.3, -0.25) is 0 Å². The number of halogens is 2. The molecule has 206 valence electrons. The highest BCUT2D eigenvalue weighted by molar-refractivity contribution is 5.97. The van der Waals surface area contributed by atoms with E-state index in [0.29, 0.717) is 34.9 Å². The van der Waals surface area contributed by atoms with Gasteiger partial charge in [0.25, 0.3) is 5.92 Å². The minimum absolute atomic E-state index is 0.0209. The van der Waals surface area contributed by atoms with E-state index < -0.39 is 25.6 Å². The van der Waals surface area contributed by atoms with Gasteiger partial charge in [-0.25, -0.2) is 28.2 Å². The van der Waals surface area contributed by atoms with E-state index in [9.17, 15) is 0 Å². The number of benzene rings is 2. The molecule has 40 heavy (non-hydrogen) atoms. The van der Waals surface area contributed by atoms with E-state index in [2.05, 4.69) is 25.4 Å². The Kier molecular flexibility index (Phi) is 5.67. The van der Waals surface area contributed by atoms with Gasteiger partial charge < -0.3 is 24.4 Å². The van der Waals surface area contributed by atoms with Gasteiger partial charge in [0.15, 0.2) is 29.0 Å². The first-order chi connectivity index (χ1) is 20.4. The molecule has 5 aromatic rings. The first-order valence-electron chi connectivity index (χ1n) is 14.0. The molecule has 4 heterocycles. The van der Waals surface area contributed by atoms with Crippen LogP contribution in [-0.4, -0.2) is 68.7 Å². The number of methoxy groups -OCH3 is 1. The minimum Gasteiger partial charge on any atom is -0.493 e. The number of anilines is 2. The summed E-state index contributed by atoms with van der Waals surface area (Å²) in [6, 6.07) is 9.98. The van der Waals surface area contributed by atoms with E-state index in [-0.39, 0.29) is 29.1 Å². The van der Waals surface area contributed by atoms with Crippen molar-refractivity contribution in [1.29, 1.82) is 0 Å². The van der Waals surface area contributed by atoms with Crippen LogP contribution in [0, 0.1) is 6.92 Å². The summed E-state index contributed by atoms with van der Waals surface area (Å²) >= 11 is 0. The number of fused-ring (bicyclic) bond motifs is 2. The Morgan fingerprint density at radius 3 is 2.83 bits per heavy atom. The van der Waals surface area contributed by atoms with E-state index in [1.165, 1.54) is 23.4 Å². The Labute approximate surface area is 232 Å². The van der Waals surface area contributed by atoms with Crippen LogP contribution in [0.25, 0.3) is 16.6 Å². The first kappa shape index (κ1) is 22.3. The maximum absolute atomic E-state index is 15.0. The van der Waals surface area contributed by atoms with Crippen molar-refractivity contribution >= 4 is 28.1 Å². The Hall–Kier alpha value is -4.58. The van der Waals surface area contributed by atoms with E-state index in [0.717, 1.165) is 5.56 Å². The lowest BCUT2D eigenvalue weighted by molar-refractivity contribution is -0.135. The second-order valence-corrected chi connectivity index (χ2v) is 9.64. The predicted octanol–water partition coefficient (Wildman–Crippen LogP) is 5.24. The minimum atomic E-state index is -3.19. The number of likely N-dealkylation sites (tertiary alicyclic amines) is 1. The zero-order valence-electron chi connectivity index (χ0n) is 24.6. The highest BCUT2D eigenvalue weighted by Crippen LogP contribution is 2.42. The van der Waals surface area contributed by atoms with Gasteiger partial charge in [0.05, 0.1) is 47.2 Å². The van der Waals surface area contributed by atoms with Crippen LogP contribution in [0.15, 0.2) is 61.3 Å². The van der Waals surface area contributed by atoms with Crippen LogP contribution in [0.2, 0.25) is 0 Å². The Bertz CT molecular complexity index is 1800. The largest absolute Gasteiger partial charge is 0.493 e. The second-order valence-electron chi connectivity index (χ2n) is 9.64. The lowest BCUT2D eigenvalue weighted by atomic mass is 10.0. The molecule has 0 saturated carbocycles. The van der Waals surface area contributed by atoms with Gasteiger partial charge in [-0.15, -0.1) is 0 Å². The van der Waals surface area contributed by atoms with Crippen molar-refractivity contribution in [1.82, 2.24) is 29.5 Å². The highest BCUT2D eigenvalue weighted by atomic mass is 19.3. The molecule has 12 heteroatoms. The summed E-state index contributed by atoms with van der Waals surface area (Å²) in [7, 11) is -1.25. The molecule has 1 saturated heterocycles. The zero-order chi connectivity index (χ0) is 30.4. The first-order valence-corrected chi connectivity index (χ1v) is 12.5. The van der Waals surface area contributed by atoms with Gasteiger partial charge in [0, 0.05) is 24.7 Å². The van der Waals surface area contributed by atoms with Crippen molar-refractivity contribution < 1.29 is 27.1 Å². The summed E-state index contributed by atoms with van der Waals surface area (Å²) in [6.45, 7) is 1.73. The Balaban J connectivity index is 1.34. The highest BCUT2D eigenvalue weighted by Gasteiger charge is 2.46. The molecule has 0 radical (unpaired) electrons. The number of alkyl halides is 2. The van der Waals surface area contributed by atoms with Gasteiger partial charge in [0.2, 0.25) is 0 Å². The standard InChI is InChI=1S/C28H27F2N7O3/c1-17-12-18(4-6-21(17)39-19-13-31-24-8-10-34-37(24)14-19)35-27-25-20(32-16-33-27)5-7-22(38-3)26(25)40-23-9-11-36(2)15-28(23,29)30/h4-8,10,12-14,16,23H,9,11,15H2,1-3H3,(H,32,33,35)/t23-/m0/s1/i3D3. The third-order valence-corrected chi connectivity index (χ3v) is 6.70. The van der Waals surface area contributed by atoms with Crippen molar-refractivity contribution in [2.24, 2.45) is 0 Å². The quantitative estimate of drug-likeness (QED) is 0.292. The number of rotatable bonds is 7. The van der Waals surface area contributed by atoms with Gasteiger partial charge in [-0.05, 0) is 49.9 Å². The number of nitrogens with one attached hydrogen (secondary N) is 1. The van der Waals surface area contributed by atoms with Crippen LogP contribution in [0.3, 0.4) is 0 Å². The average Bonchev–Trinajstić information content (AvgIpc) is 3.40. The van der Waals surface area contributed by atoms with Crippen molar-refractivity contribution in [2.45, 2.75) is 25.4 Å². The maximum atomic E-state index is 15.0. The Morgan fingerprint density at radius 2 is 2.00 bits per heavy atom. The molecule has 2 aromatic carbocycles. The van der Waals surface area contributed by atoms with Crippen LogP contribution < -0.4 is 19.5 Å². The van der Waals surface area contributed by atoms with Crippen LogP contribution in [0.4, 0.5) is 20.3 Å². The molecule has 0 bridgehead atoms. The SMILES string of the molecule is [2H]C([2H])([2H])Oc1ccc2ncnc(Nc3ccc(Oc4cnc5ccnn5c4)c(C)c3)c2c1O[C@H]1CCN(C)CC1(F)F. The molecule has 1 fully saturated rings. The lowest BCUT2D eigenvalue weighted by Gasteiger charge is -2.36. The number of nitrogens with zero attached hydrogens (tertiary/aromatic N) is 6. The normalized spacial score (nSPS) is 18.6. The number of ether oxygens (including phenoxy) is 3. The fourth-order valence-electron chi connectivity index (χ4n) is 4.72. The molecular formula is C28H27F2N7O3. The molecule has 1 atom stereocenters. The maximum Gasteiger partial charge on any atom is 0.296 e. The van der Waals surface area contributed by atoms with Crippen molar-refractivity contribution in [2.75, 3.05) is 32.5 Å². The summed E-state index contributed by atoms with van der Waals surface area (Å²) in [5.41, 5.74) is 2.41. The third kappa shape index (κ3) is 4.93. The van der Waals surface area contributed by atoms with Crippen molar-refractivity contribution in [3.05, 3.63) is 66.9 Å². The molecule has 10 nitrogen and oxygen atoms in total. The molecule has 1 N–H and O–H groups in total. The van der Waals surface area contributed by atoms with E-state index in [4.69, 9.17) is 18.3 Å². The van der Waals surface area contributed by atoms with E-state index in [1.54, 1.807) is 48.4 Å². The Morgan fingerprint density at radius 1 is 1.12 bits per heavy atom. The third-order valence-electron chi connectivity index (χ3n) is 6.70. The second kappa shape index (κ2) is 10.2. The van der Waals surface area contributed by atoms with Gasteiger partial charge in [-0.2, -0.15) is 5.10 Å². The molecule has 0 aliphatic carbocycles. The summed E-state index contributed by atoms with van der Waals surface area (Å²) in [6.07, 6.45) is 4.77. The van der Waals surface area contributed by atoms with Gasteiger partial charge >= 0.3 is 0 Å². The molecule has 0 amide bonds. The number of hydrogen-bond donors (Lipinski definition) is 1. The fourth-order valence-corrected chi connectivity index (χ4v) is 4.72. The number of aryl methyl sites for hydroxylation is 1. The smallest absolute Gasteiger partial charge is 0.296 e. The summed E-state index contributed by atoms with van der Waals surface area (Å²) < 4.78 is 71.7. The monoisotopic (exact) mass is 550 g/mol. The fraction of sp³-hybridized carbons (Fsp3) is 0.286. The molecule has 3 aromatic heterocycles. The van der Waals surface area contributed by atoms with Crippen LogP contribution >= 0.6 is 0 Å². The van der Waals surface area contributed by atoms with Crippen LogP contribution in [-0.2, 0) is 0 Å². The molecular weight excluding hydrogens is 520 g/mol. The van der Waals surface area contributed by atoms with E-state index in [1.807, 2.05) is 13.0 Å². The summed E-state index contributed by atoms with van der Waals surface area (Å²) in [5.74, 6) is -2.30. The topological polar surface area (TPSA) is 98.9 Å². The number of hydrogen-bond acceptors (Lipinski definition) is 9. The van der Waals surface area contributed by atoms with Crippen molar-refractivity contribution in [3.63, 3.8) is 0 Å². The molecule has 0 spiro atoms. The number of piperidine rings is 1. The average molecular weight is 551 g/mol. The van der Waals surface area contributed by atoms with Gasteiger partial charge in [0.1, 0.15) is 17.9 Å². The number of aromatic nitrogens is 5. The molecule has 0 unspecified atom stereocenters. The molecule has 6 rings (SSSR count). The van der Waals surface area contributed by atoms with Crippen LogP contribution in [0.5, 0.6) is 23.0 Å². The predicted molar refractivity (Wildman–Crippen MR) is 145 cm³/mol. The molecule has 1 aliphatic rings. The van der Waals surface area contributed by atoms with Gasteiger partial charge in [-0.1, -0.05) is 0 Å². The van der Waals surface area contributed by atoms with Crippen LogP contribution in [0.1, 0.15) is 16.1 Å². The van der Waals surface area contributed by atoms with Crippen molar-refractivity contribution in [3.8, 4) is 23.0 Å². The molecule has 1 aliphatic heterocycles. The summed E-state index contributed by atoms with van der Waals surface area (Å²) in [4.78, 5) is 14.4.